The zero-order valence-electron chi connectivity index (χ0n) is 11.5. The van der Waals surface area contributed by atoms with Crippen LogP contribution in [0.4, 0.5) is 19.0 Å². The van der Waals surface area contributed by atoms with Crippen molar-refractivity contribution in [3.8, 4) is 0 Å². The van der Waals surface area contributed by atoms with Crippen molar-refractivity contribution < 1.29 is 13.2 Å². The first-order chi connectivity index (χ1) is 9.93. The van der Waals surface area contributed by atoms with E-state index in [-0.39, 0.29) is 6.04 Å². The molecule has 0 aliphatic carbocycles. The van der Waals surface area contributed by atoms with Crippen LogP contribution in [0.25, 0.3) is 0 Å². The van der Waals surface area contributed by atoms with E-state index in [1.165, 1.54) is 6.07 Å². The first-order valence-electron chi connectivity index (χ1n) is 6.72. The number of halogens is 3. The molecule has 2 aromatic rings. The summed E-state index contributed by atoms with van der Waals surface area (Å²) in [4.78, 5) is 5.92. The first kappa shape index (κ1) is 13.9. The summed E-state index contributed by atoms with van der Waals surface area (Å²) in [7, 11) is 0. The van der Waals surface area contributed by atoms with Gasteiger partial charge in [-0.25, -0.2) is 4.98 Å². The van der Waals surface area contributed by atoms with Crippen LogP contribution in [0.2, 0.25) is 0 Å². The third kappa shape index (κ3) is 2.86. The molecule has 3 heterocycles. The van der Waals surface area contributed by atoms with Crippen LogP contribution in [-0.2, 0) is 6.18 Å². The fourth-order valence-electron chi connectivity index (χ4n) is 2.54. The van der Waals surface area contributed by atoms with Crippen molar-refractivity contribution in [2.75, 3.05) is 18.0 Å². The molecule has 1 aliphatic heterocycles. The first-order valence-corrected chi connectivity index (χ1v) is 6.72. The molecule has 0 radical (unpaired) electrons. The maximum absolute atomic E-state index is 12.5. The molecule has 0 N–H and O–H groups in total. The van der Waals surface area contributed by atoms with Gasteiger partial charge in [0.2, 0.25) is 0 Å². The molecule has 1 aliphatic rings. The molecule has 21 heavy (non-hydrogen) atoms. The highest BCUT2D eigenvalue weighted by Crippen LogP contribution is 2.31. The van der Waals surface area contributed by atoms with Gasteiger partial charge in [-0.15, -0.1) is 0 Å². The summed E-state index contributed by atoms with van der Waals surface area (Å²) in [6, 6.07) is 2.75. The highest BCUT2D eigenvalue weighted by Gasteiger charge is 2.31. The molecular weight excluding hydrogens is 281 g/mol. The van der Waals surface area contributed by atoms with Crippen LogP contribution < -0.4 is 4.90 Å². The largest absolute Gasteiger partial charge is 0.417 e. The quantitative estimate of drug-likeness (QED) is 0.854. The molecule has 1 fully saturated rings. The molecule has 1 unspecified atom stereocenters. The Kier molecular flexibility index (Phi) is 3.35. The molecule has 0 aromatic carbocycles. The number of nitrogens with zero attached hydrogens (tertiary/aromatic N) is 4. The Hall–Kier alpha value is -2.05. The molecule has 0 bridgehead atoms. The Morgan fingerprint density at radius 1 is 1.24 bits per heavy atom. The maximum Gasteiger partial charge on any atom is 0.417 e. The van der Waals surface area contributed by atoms with Crippen LogP contribution in [0, 0.1) is 6.92 Å². The third-order valence-electron chi connectivity index (χ3n) is 3.67. The summed E-state index contributed by atoms with van der Waals surface area (Å²) < 4.78 is 39.5. The third-order valence-corrected chi connectivity index (χ3v) is 3.67. The van der Waals surface area contributed by atoms with Gasteiger partial charge in [0, 0.05) is 25.5 Å². The predicted octanol–water partition coefficient (Wildman–Crippen LogP) is 3.06. The number of hydrogen-bond donors (Lipinski definition) is 0. The lowest BCUT2D eigenvalue weighted by atomic mass is 10.2. The summed E-state index contributed by atoms with van der Waals surface area (Å²) in [6.45, 7) is 3.45. The van der Waals surface area contributed by atoms with Gasteiger partial charge in [0.15, 0.2) is 0 Å². The average molecular weight is 296 g/mol. The second-order valence-electron chi connectivity index (χ2n) is 5.29. The van der Waals surface area contributed by atoms with E-state index in [1.54, 1.807) is 6.20 Å². The molecule has 1 atom stereocenters. The van der Waals surface area contributed by atoms with Crippen LogP contribution in [0.3, 0.4) is 0 Å². The second kappa shape index (κ2) is 5.05. The van der Waals surface area contributed by atoms with Gasteiger partial charge in [0.05, 0.1) is 17.8 Å². The molecular formula is C14H15F3N4. The normalized spacial score (nSPS) is 19.2. The fraction of sp³-hybridized carbons (Fsp3) is 0.429. The highest BCUT2D eigenvalue weighted by molar-refractivity contribution is 5.41. The van der Waals surface area contributed by atoms with Crippen molar-refractivity contribution in [1.29, 1.82) is 0 Å². The summed E-state index contributed by atoms with van der Waals surface area (Å²) >= 11 is 0. The van der Waals surface area contributed by atoms with E-state index in [0.29, 0.717) is 12.4 Å². The Morgan fingerprint density at radius 3 is 2.62 bits per heavy atom. The Labute approximate surface area is 120 Å². The van der Waals surface area contributed by atoms with E-state index in [4.69, 9.17) is 0 Å². The smallest absolute Gasteiger partial charge is 0.354 e. The van der Waals surface area contributed by atoms with E-state index in [2.05, 4.69) is 10.1 Å². The van der Waals surface area contributed by atoms with Crippen LogP contribution in [0.1, 0.15) is 23.6 Å². The van der Waals surface area contributed by atoms with Gasteiger partial charge in [-0.2, -0.15) is 18.3 Å². The number of aryl methyl sites for hydroxylation is 1. The van der Waals surface area contributed by atoms with Gasteiger partial charge in [0.25, 0.3) is 0 Å². The SMILES string of the molecule is Cc1cnn(C2CCN(c3ccc(C(F)(F)F)cn3)C2)c1. The van der Waals surface area contributed by atoms with Crippen molar-refractivity contribution in [3.05, 3.63) is 41.9 Å². The number of anilines is 1. The summed E-state index contributed by atoms with van der Waals surface area (Å²) in [6.07, 6.45) is 1.24. The van der Waals surface area contributed by atoms with Crippen LogP contribution >= 0.6 is 0 Å². The van der Waals surface area contributed by atoms with E-state index >= 15 is 0 Å². The molecule has 3 rings (SSSR count). The number of pyridine rings is 1. The van der Waals surface area contributed by atoms with E-state index < -0.39 is 11.7 Å². The van der Waals surface area contributed by atoms with Crippen LogP contribution in [0.15, 0.2) is 30.7 Å². The highest BCUT2D eigenvalue weighted by atomic mass is 19.4. The second-order valence-corrected chi connectivity index (χ2v) is 5.29. The van der Waals surface area contributed by atoms with Crippen molar-refractivity contribution in [1.82, 2.24) is 14.8 Å². The van der Waals surface area contributed by atoms with Crippen molar-refractivity contribution in [3.63, 3.8) is 0 Å². The standard InChI is InChI=1S/C14H15F3N4/c1-10-6-19-21(8-10)12-4-5-20(9-12)13-3-2-11(7-18-13)14(15,16)17/h2-3,6-8,12H,4-5,9H2,1H3. The molecule has 7 heteroatoms. The Morgan fingerprint density at radius 2 is 2.05 bits per heavy atom. The van der Waals surface area contributed by atoms with Crippen molar-refractivity contribution >= 4 is 5.82 Å². The van der Waals surface area contributed by atoms with Crippen molar-refractivity contribution in [2.24, 2.45) is 0 Å². The minimum atomic E-state index is -4.34. The molecule has 112 valence electrons. The lowest BCUT2D eigenvalue weighted by Gasteiger charge is -2.18. The zero-order valence-corrected chi connectivity index (χ0v) is 11.5. The van der Waals surface area contributed by atoms with Gasteiger partial charge >= 0.3 is 6.18 Å². The van der Waals surface area contributed by atoms with Gasteiger partial charge in [-0.3, -0.25) is 4.68 Å². The number of hydrogen-bond acceptors (Lipinski definition) is 3. The lowest BCUT2D eigenvalue weighted by molar-refractivity contribution is -0.137. The number of alkyl halides is 3. The molecule has 0 saturated carbocycles. The molecule has 4 nitrogen and oxygen atoms in total. The number of rotatable bonds is 2. The summed E-state index contributed by atoms with van der Waals surface area (Å²) in [5.74, 6) is 0.578. The van der Waals surface area contributed by atoms with Crippen LogP contribution in [-0.4, -0.2) is 27.9 Å². The molecule has 2 aromatic heterocycles. The van der Waals surface area contributed by atoms with E-state index in [0.717, 1.165) is 30.8 Å². The van der Waals surface area contributed by atoms with Gasteiger partial charge in [-0.1, -0.05) is 0 Å². The van der Waals surface area contributed by atoms with Gasteiger partial charge in [0.1, 0.15) is 5.82 Å². The minimum absolute atomic E-state index is 0.239. The Balaban J connectivity index is 1.71. The zero-order chi connectivity index (χ0) is 15.0. The summed E-state index contributed by atoms with van der Waals surface area (Å²) in [5.41, 5.74) is 0.380. The van der Waals surface area contributed by atoms with Gasteiger partial charge < -0.3 is 4.90 Å². The molecule has 0 spiro atoms. The Bertz CT molecular complexity index is 618. The number of aromatic nitrogens is 3. The van der Waals surface area contributed by atoms with E-state index in [9.17, 15) is 13.2 Å². The topological polar surface area (TPSA) is 34.0 Å². The predicted molar refractivity (Wildman–Crippen MR) is 72.1 cm³/mol. The lowest BCUT2D eigenvalue weighted by Crippen LogP contribution is -2.22. The van der Waals surface area contributed by atoms with Crippen molar-refractivity contribution in [2.45, 2.75) is 25.6 Å². The van der Waals surface area contributed by atoms with E-state index in [1.807, 2.05) is 22.7 Å². The summed E-state index contributed by atoms with van der Waals surface area (Å²) in [5, 5.41) is 4.29. The van der Waals surface area contributed by atoms with Crippen LogP contribution in [0.5, 0.6) is 0 Å². The fourth-order valence-corrected chi connectivity index (χ4v) is 2.54. The van der Waals surface area contributed by atoms with Gasteiger partial charge in [-0.05, 0) is 31.0 Å². The minimum Gasteiger partial charge on any atom is -0.354 e. The monoisotopic (exact) mass is 296 g/mol. The molecule has 0 amide bonds. The average Bonchev–Trinajstić information content (AvgIpc) is 3.06. The molecule has 1 saturated heterocycles. The maximum atomic E-state index is 12.5.